The molecule has 4 rings (SSSR count). The summed E-state index contributed by atoms with van der Waals surface area (Å²) in [4.78, 5) is 4.17. The van der Waals surface area contributed by atoms with Gasteiger partial charge in [-0.2, -0.15) is 0 Å². The second-order valence-corrected chi connectivity index (χ2v) is 6.03. The van der Waals surface area contributed by atoms with Gasteiger partial charge < -0.3 is 8.98 Å². The molecule has 1 unspecified atom stereocenters. The zero-order valence-corrected chi connectivity index (χ0v) is 14.6. The summed E-state index contributed by atoms with van der Waals surface area (Å²) in [6.45, 7) is 2.08. The number of benzene rings is 2. The topological polar surface area (TPSA) is 31.0 Å². The van der Waals surface area contributed by atoms with E-state index in [0.29, 0.717) is 5.02 Å². The highest BCUT2D eigenvalue weighted by molar-refractivity contribution is 6.31. The minimum absolute atomic E-state index is 0. The molecule has 3 nitrogen and oxygen atoms in total. The molecule has 0 aliphatic carbocycles. The van der Waals surface area contributed by atoms with E-state index in [2.05, 4.69) is 30.1 Å². The number of fused-ring (bicyclic) bond motifs is 1. The number of nitrogens with zero attached hydrogens (tertiary/aromatic N) is 2. The van der Waals surface area contributed by atoms with E-state index in [-0.39, 0.29) is 18.4 Å². The number of imidazole rings is 1. The van der Waals surface area contributed by atoms with Crippen molar-refractivity contribution in [2.75, 3.05) is 0 Å². The molecule has 0 amide bonds. The van der Waals surface area contributed by atoms with Crippen molar-refractivity contribution < 1.29 is 4.42 Å². The molecular weight excluding hydrogens is 343 g/mol. The van der Waals surface area contributed by atoms with E-state index in [0.717, 1.165) is 22.3 Å². The molecule has 5 heteroatoms. The van der Waals surface area contributed by atoms with Crippen LogP contribution in [0, 0.1) is 6.92 Å². The summed E-state index contributed by atoms with van der Waals surface area (Å²) >= 11 is 6.43. The summed E-state index contributed by atoms with van der Waals surface area (Å²) < 4.78 is 8.12. The van der Waals surface area contributed by atoms with Crippen molar-refractivity contribution in [1.29, 1.82) is 0 Å². The SMILES string of the molecule is Cc1ccc2oc(C(c3ccccc3Cl)n3ccnc3)cc2c1.Cl. The molecule has 0 radical (unpaired) electrons. The Kier molecular flexibility index (Phi) is 4.65. The van der Waals surface area contributed by atoms with Gasteiger partial charge in [0, 0.05) is 28.4 Å². The monoisotopic (exact) mass is 358 g/mol. The van der Waals surface area contributed by atoms with Gasteiger partial charge in [-0.05, 0) is 31.2 Å². The maximum atomic E-state index is 6.43. The van der Waals surface area contributed by atoms with Crippen LogP contribution in [0.3, 0.4) is 0 Å². The van der Waals surface area contributed by atoms with Gasteiger partial charge in [0.25, 0.3) is 0 Å². The van der Waals surface area contributed by atoms with Crippen LogP contribution in [0.5, 0.6) is 0 Å². The van der Waals surface area contributed by atoms with Gasteiger partial charge in [-0.25, -0.2) is 4.98 Å². The van der Waals surface area contributed by atoms with Crippen molar-refractivity contribution in [2.24, 2.45) is 0 Å². The summed E-state index contributed by atoms with van der Waals surface area (Å²) in [5, 5.41) is 1.81. The number of halogens is 2. The van der Waals surface area contributed by atoms with E-state index >= 15 is 0 Å². The van der Waals surface area contributed by atoms with Crippen molar-refractivity contribution in [2.45, 2.75) is 13.0 Å². The molecule has 2 aromatic carbocycles. The molecule has 2 aromatic heterocycles. The lowest BCUT2D eigenvalue weighted by molar-refractivity contribution is 0.488. The highest BCUT2D eigenvalue weighted by Gasteiger charge is 2.22. The summed E-state index contributed by atoms with van der Waals surface area (Å²) in [7, 11) is 0. The van der Waals surface area contributed by atoms with Gasteiger partial charge in [-0.1, -0.05) is 41.4 Å². The zero-order valence-electron chi connectivity index (χ0n) is 13.0. The molecule has 0 N–H and O–H groups in total. The minimum Gasteiger partial charge on any atom is -0.458 e. The number of aromatic nitrogens is 2. The van der Waals surface area contributed by atoms with Gasteiger partial charge in [0.05, 0.1) is 6.33 Å². The molecule has 24 heavy (non-hydrogen) atoms. The summed E-state index contributed by atoms with van der Waals surface area (Å²) in [5.41, 5.74) is 3.08. The van der Waals surface area contributed by atoms with Crippen LogP contribution in [0.25, 0.3) is 11.0 Å². The van der Waals surface area contributed by atoms with Gasteiger partial charge in [0.1, 0.15) is 17.4 Å². The predicted molar refractivity (Wildman–Crippen MR) is 99.1 cm³/mol. The minimum atomic E-state index is -0.140. The lowest BCUT2D eigenvalue weighted by Gasteiger charge is -2.17. The zero-order chi connectivity index (χ0) is 15.8. The smallest absolute Gasteiger partial charge is 0.134 e. The summed E-state index contributed by atoms with van der Waals surface area (Å²) in [6, 6.07) is 16.0. The Labute approximate surface area is 151 Å². The van der Waals surface area contributed by atoms with Crippen LogP contribution in [-0.2, 0) is 0 Å². The van der Waals surface area contributed by atoms with Crippen LogP contribution in [0.4, 0.5) is 0 Å². The normalized spacial score (nSPS) is 12.1. The van der Waals surface area contributed by atoms with E-state index in [1.54, 1.807) is 12.5 Å². The highest BCUT2D eigenvalue weighted by atomic mass is 35.5. The quantitative estimate of drug-likeness (QED) is 0.473. The molecule has 0 saturated carbocycles. The van der Waals surface area contributed by atoms with E-state index in [4.69, 9.17) is 16.0 Å². The molecular formula is C19H16Cl2N2O. The highest BCUT2D eigenvalue weighted by Crippen LogP contribution is 2.34. The molecule has 0 spiro atoms. The molecule has 4 aromatic rings. The number of rotatable bonds is 3. The van der Waals surface area contributed by atoms with Crippen LogP contribution in [0.2, 0.25) is 5.02 Å². The van der Waals surface area contributed by atoms with Gasteiger partial charge >= 0.3 is 0 Å². The van der Waals surface area contributed by atoms with Crippen LogP contribution in [0.1, 0.15) is 22.9 Å². The van der Waals surface area contributed by atoms with E-state index < -0.39 is 0 Å². The molecule has 0 fully saturated rings. The Morgan fingerprint density at radius 1 is 1.12 bits per heavy atom. The van der Waals surface area contributed by atoms with Crippen LogP contribution >= 0.6 is 24.0 Å². The molecule has 2 heterocycles. The fraction of sp³-hybridized carbons (Fsp3) is 0.105. The fourth-order valence-electron chi connectivity index (χ4n) is 2.90. The van der Waals surface area contributed by atoms with Gasteiger partial charge in [-0.3, -0.25) is 0 Å². The van der Waals surface area contributed by atoms with Gasteiger partial charge in [0.15, 0.2) is 0 Å². The Balaban J connectivity index is 0.00000169. The van der Waals surface area contributed by atoms with E-state index in [1.807, 2.05) is 41.1 Å². The first kappa shape index (κ1) is 16.6. The molecule has 0 saturated heterocycles. The second-order valence-electron chi connectivity index (χ2n) is 5.62. The van der Waals surface area contributed by atoms with E-state index in [1.165, 1.54) is 5.56 Å². The third-order valence-electron chi connectivity index (χ3n) is 3.98. The van der Waals surface area contributed by atoms with Gasteiger partial charge in [-0.15, -0.1) is 12.4 Å². The first-order valence-corrected chi connectivity index (χ1v) is 7.82. The third kappa shape index (κ3) is 2.93. The maximum Gasteiger partial charge on any atom is 0.134 e. The first-order valence-electron chi connectivity index (χ1n) is 7.44. The van der Waals surface area contributed by atoms with Crippen molar-refractivity contribution >= 4 is 35.0 Å². The molecule has 1 atom stereocenters. The lowest BCUT2D eigenvalue weighted by atomic mass is 10.0. The van der Waals surface area contributed by atoms with Crippen LogP contribution < -0.4 is 0 Å². The number of hydrogen-bond donors (Lipinski definition) is 0. The maximum absolute atomic E-state index is 6.43. The van der Waals surface area contributed by atoms with Crippen molar-refractivity contribution in [3.63, 3.8) is 0 Å². The Hall–Kier alpha value is -2.23. The lowest BCUT2D eigenvalue weighted by Crippen LogP contribution is -2.10. The largest absolute Gasteiger partial charge is 0.458 e. The Morgan fingerprint density at radius 3 is 2.71 bits per heavy atom. The van der Waals surface area contributed by atoms with E-state index in [9.17, 15) is 0 Å². The Morgan fingerprint density at radius 2 is 1.96 bits per heavy atom. The fourth-order valence-corrected chi connectivity index (χ4v) is 3.14. The Bertz CT molecular complexity index is 961. The average molecular weight is 359 g/mol. The molecule has 0 bridgehead atoms. The van der Waals surface area contributed by atoms with Crippen molar-refractivity contribution in [3.05, 3.63) is 89.2 Å². The van der Waals surface area contributed by atoms with Gasteiger partial charge in [0.2, 0.25) is 0 Å². The molecule has 0 aliphatic heterocycles. The first-order chi connectivity index (χ1) is 11.2. The average Bonchev–Trinajstić information content (AvgIpc) is 3.19. The van der Waals surface area contributed by atoms with Crippen LogP contribution in [-0.4, -0.2) is 9.55 Å². The molecule has 122 valence electrons. The predicted octanol–water partition coefficient (Wildman–Crippen LogP) is 5.65. The number of aryl methyl sites for hydroxylation is 1. The van der Waals surface area contributed by atoms with Crippen LogP contribution in [0.15, 0.2) is 71.7 Å². The standard InChI is InChI=1S/C19H15ClN2O.ClH/c1-13-6-7-17-14(10-13)11-18(23-17)19(22-9-8-21-12-22)15-4-2-3-5-16(15)20;/h2-12,19H,1H3;1H. The number of hydrogen-bond acceptors (Lipinski definition) is 2. The third-order valence-corrected chi connectivity index (χ3v) is 4.33. The summed E-state index contributed by atoms with van der Waals surface area (Å²) in [5.74, 6) is 0.844. The molecule has 0 aliphatic rings. The van der Waals surface area contributed by atoms with Crippen molar-refractivity contribution in [1.82, 2.24) is 9.55 Å². The second kappa shape index (κ2) is 6.71. The number of furan rings is 1. The van der Waals surface area contributed by atoms with Crippen molar-refractivity contribution in [3.8, 4) is 0 Å². The summed E-state index contributed by atoms with van der Waals surface area (Å²) in [6.07, 6.45) is 5.47.